The van der Waals surface area contributed by atoms with E-state index in [1.54, 1.807) is 36.4 Å². The third-order valence-corrected chi connectivity index (χ3v) is 10.1. The number of amides is 1. The van der Waals surface area contributed by atoms with E-state index in [1.165, 1.54) is 17.4 Å². The van der Waals surface area contributed by atoms with Crippen LogP contribution in [0.15, 0.2) is 80.6 Å². The monoisotopic (exact) mass is 618 g/mol. The third-order valence-electron chi connectivity index (χ3n) is 6.65. The molecule has 0 heterocycles. The van der Waals surface area contributed by atoms with Gasteiger partial charge in [0.05, 0.1) is 11.2 Å². The molecule has 0 spiro atoms. The fraction of sp³-hybridized carbons (Fsp3) is 0.296. The van der Waals surface area contributed by atoms with Crippen LogP contribution in [0, 0.1) is 6.92 Å². The van der Waals surface area contributed by atoms with E-state index in [0.717, 1.165) is 47.7 Å². The van der Waals surface area contributed by atoms with Crippen molar-refractivity contribution in [1.29, 1.82) is 0 Å². The molecule has 35 heavy (non-hydrogen) atoms. The van der Waals surface area contributed by atoms with Gasteiger partial charge in [-0.1, -0.05) is 65.5 Å². The molecule has 0 aromatic heterocycles. The first-order valence-electron chi connectivity index (χ1n) is 11.6. The van der Waals surface area contributed by atoms with Crippen molar-refractivity contribution in [1.82, 2.24) is 5.32 Å². The summed E-state index contributed by atoms with van der Waals surface area (Å²) in [6.07, 6.45) is 4.83. The molecule has 1 saturated carbocycles. The lowest BCUT2D eigenvalue weighted by molar-refractivity contribution is 0.0865. The molecule has 5 nitrogen and oxygen atoms in total. The number of halogens is 2. The van der Waals surface area contributed by atoms with Crippen LogP contribution in [-0.4, -0.2) is 21.4 Å². The molecule has 4 rings (SSSR count). The van der Waals surface area contributed by atoms with Crippen LogP contribution in [0.4, 0.5) is 5.69 Å². The second-order valence-electron chi connectivity index (χ2n) is 9.03. The summed E-state index contributed by atoms with van der Waals surface area (Å²) in [4.78, 5) is 13.6. The Hall–Kier alpha value is -2.16. The van der Waals surface area contributed by atoms with Crippen LogP contribution < -0.4 is 9.62 Å². The average molecular weight is 620 g/mol. The number of carbonyl (C=O) groups excluding carboxylic acids is 1. The molecule has 0 bridgehead atoms. The largest absolute Gasteiger partial charge is 0.342 e. The Morgan fingerprint density at radius 2 is 1.60 bits per heavy atom. The number of rotatable bonds is 6. The van der Waals surface area contributed by atoms with Gasteiger partial charge in [-0.3, -0.25) is 9.10 Å². The van der Waals surface area contributed by atoms with E-state index in [9.17, 15) is 13.2 Å². The van der Waals surface area contributed by atoms with Gasteiger partial charge in [-0.2, -0.15) is 0 Å². The van der Waals surface area contributed by atoms with Crippen LogP contribution in [0.2, 0.25) is 0 Å². The SMILES string of the molecule is Cc1ccc(C2(NC(=O)c3ccc(Br)c(S(=O)(=O)N(C)c4ccccc4)c3)CCCCC2)c(Br)c1. The maximum Gasteiger partial charge on any atom is 0.265 e. The van der Waals surface area contributed by atoms with Gasteiger partial charge in [-0.05, 0) is 83.2 Å². The summed E-state index contributed by atoms with van der Waals surface area (Å²) < 4.78 is 29.5. The van der Waals surface area contributed by atoms with E-state index in [1.807, 2.05) is 13.0 Å². The van der Waals surface area contributed by atoms with E-state index >= 15 is 0 Å². The molecule has 1 aliphatic carbocycles. The van der Waals surface area contributed by atoms with Gasteiger partial charge < -0.3 is 5.32 Å². The maximum atomic E-state index is 13.5. The average Bonchev–Trinajstić information content (AvgIpc) is 2.84. The van der Waals surface area contributed by atoms with Crippen LogP contribution in [0.1, 0.15) is 53.6 Å². The van der Waals surface area contributed by atoms with Gasteiger partial charge >= 0.3 is 0 Å². The van der Waals surface area contributed by atoms with Gasteiger partial charge in [-0.25, -0.2) is 8.42 Å². The van der Waals surface area contributed by atoms with E-state index in [0.29, 0.717) is 15.7 Å². The van der Waals surface area contributed by atoms with Gasteiger partial charge in [0.25, 0.3) is 15.9 Å². The smallest absolute Gasteiger partial charge is 0.265 e. The molecule has 1 aliphatic rings. The quantitative estimate of drug-likeness (QED) is 0.325. The number of carbonyl (C=O) groups is 1. The number of para-hydroxylation sites is 1. The molecule has 0 aliphatic heterocycles. The number of hydrogen-bond donors (Lipinski definition) is 1. The maximum absolute atomic E-state index is 13.5. The van der Waals surface area contributed by atoms with Crippen molar-refractivity contribution in [3.63, 3.8) is 0 Å². The molecule has 0 saturated heterocycles. The lowest BCUT2D eigenvalue weighted by Gasteiger charge is -2.39. The van der Waals surface area contributed by atoms with Crippen molar-refractivity contribution in [2.75, 3.05) is 11.4 Å². The first kappa shape index (κ1) is 25.9. The van der Waals surface area contributed by atoms with Crippen LogP contribution >= 0.6 is 31.9 Å². The molecule has 0 radical (unpaired) electrons. The second kappa shape index (κ2) is 10.4. The summed E-state index contributed by atoms with van der Waals surface area (Å²) in [5.41, 5.74) is 2.55. The Balaban J connectivity index is 1.69. The molecule has 3 aromatic rings. The normalized spacial score (nSPS) is 15.4. The first-order chi connectivity index (χ1) is 16.6. The molecule has 0 atom stereocenters. The van der Waals surface area contributed by atoms with Crippen molar-refractivity contribution < 1.29 is 13.2 Å². The predicted octanol–water partition coefficient (Wildman–Crippen LogP) is 6.93. The number of sulfonamides is 1. The fourth-order valence-corrected chi connectivity index (χ4v) is 7.70. The van der Waals surface area contributed by atoms with Crippen LogP contribution in [0.3, 0.4) is 0 Å². The Labute approximate surface area is 224 Å². The van der Waals surface area contributed by atoms with Crippen molar-refractivity contribution in [3.05, 3.63) is 92.4 Å². The highest BCUT2D eigenvalue weighted by Crippen LogP contribution is 2.41. The number of anilines is 1. The summed E-state index contributed by atoms with van der Waals surface area (Å²) in [5.74, 6) is -0.286. The lowest BCUT2D eigenvalue weighted by atomic mass is 9.76. The topological polar surface area (TPSA) is 66.5 Å². The Kier molecular flexibility index (Phi) is 7.74. The molecule has 0 unspecified atom stereocenters. The molecule has 1 N–H and O–H groups in total. The summed E-state index contributed by atoms with van der Waals surface area (Å²) in [5, 5.41) is 3.29. The van der Waals surface area contributed by atoms with E-state index in [-0.39, 0.29) is 10.8 Å². The van der Waals surface area contributed by atoms with E-state index in [4.69, 9.17) is 0 Å². The van der Waals surface area contributed by atoms with Crippen molar-refractivity contribution in [2.24, 2.45) is 0 Å². The minimum absolute atomic E-state index is 0.0470. The molecule has 1 amide bonds. The zero-order chi connectivity index (χ0) is 25.2. The minimum Gasteiger partial charge on any atom is -0.342 e. The van der Waals surface area contributed by atoms with Crippen molar-refractivity contribution in [3.8, 4) is 0 Å². The molecule has 184 valence electrons. The minimum atomic E-state index is -3.89. The van der Waals surface area contributed by atoms with Gasteiger partial charge in [-0.15, -0.1) is 0 Å². The molecule has 8 heteroatoms. The van der Waals surface area contributed by atoms with Crippen LogP contribution in [-0.2, 0) is 15.6 Å². The summed E-state index contributed by atoms with van der Waals surface area (Å²) in [6, 6.07) is 19.8. The van der Waals surface area contributed by atoms with Crippen LogP contribution in [0.5, 0.6) is 0 Å². The Morgan fingerprint density at radius 1 is 0.914 bits per heavy atom. The summed E-state index contributed by atoms with van der Waals surface area (Å²) >= 11 is 7.08. The number of aryl methyl sites for hydroxylation is 1. The first-order valence-corrected chi connectivity index (χ1v) is 14.6. The highest BCUT2D eigenvalue weighted by molar-refractivity contribution is 9.10. The van der Waals surface area contributed by atoms with Gasteiger partial charge in [0.1, 0.15) is 4.90 Å². The molecule has 1 fully saturated rings. The van der Waals surface area contributed by atoms with Gasteiger partial charge in [0.2, 0.25) is 0 Å². The van der Waals surface area contributed by atoms with E-state index < -0.39 is 15.6 Å². The predicted molar refractivity (Wildman–Crippen MR) is 147 cm³/mol. The summed E-state index contributed by atoms with van der Waals surface area (Å²) in [7, 11) is -2.38. The Bertz CT molecular complexity index is 1340. The van der Waals surface area contributed by atoms with E-state index in [2.05, 4.69) is 55.4 Å². The fourth-order valence-electron chi connectivity index (χ4n) is 4.68. The number of benzene rings is 3. The highest BCUT2D eigenvalue weighted by atomic mass is 79.9. The van der Waals surface area contributed by atoms with Gasteiger partial charge in [0, 0.05) is 21.6 Å². The number of nitrogens with zero attached hydrogens (tertiary/aromatic N) is 1. The van der Waals surface area contributed by atoms with Crippen molar-refractivity contribution >= 4 is 53.5 Å². The molecular weight excluding hydrogens is 592 g/mol. The number of nitrogens with one attached hydrogen (secondary N) is 1. The zero-order valence-corrected chi connectivity index (χ0v) is 23.7. The summed E-state index contributed by atoms with van der Waals surface area (Å²) in [6.45, 7) is 2.04. The van der Waals surface area contributed by atoms with Crippen molar-refractivity contribution in [2.45, 2.75) is 49.5 Å². The molecule has 3 aromatic carbocycles. The Morgan fingerprint density at radius 3 is 2.26 bits per heavy atom. The lowest BCUT2D eigenvalue weighted by Crippen LogP contribution is -2.47. The second-order valence-corrected chi connectivity index (χ2v) is 12.7. The van der Waals surface area contributed by atoms with Crippen LogP contribution in [0.25, 0.3) is 0 Å². The third kappa shape index (κ3) is 5.34. The zero-order valence-electron chi connectivity index (χ0n) is 19.7. The number of hydrogen-bond acceptors (Lipinski definition) is 3. The molecular formula is C27H28Br2N2O3S. The van der Waals surface area contributed by atoms with Gasteiger partial charge in [0.15, 0.2) is 0 Å². The highest BCUT2D eigenvalue weighted by Gasteiger charge is 2.37. The standard InChI is InChI=1S/C27H28Br2N2O3S/c1-19-11-13-22(24(29)17-19)27(15-7-4-8-16-27)30-26(32)20-12-14-23(28)25(18-20)35(33,34)31(2)21-9-5-3-6-10-21/h3,5-6,9-14,17-18H,4,7-8,15-16H2,1-2H3,(H,30,32).